The Morgan fingerprint density at radius 2 is 2.30 bits per heavy atom. The average molecular weight is 301 g/mol. The van der Waals surface area contributed by atoms with Crippen LogP contribution in [0.3, 0.4) is 0 Å². The average Bonchev–Trinajstić information content (AvgIpc) is 2.86. The van der Waals surface area contributed by atoms with Crippen LogP contribution in [0.25, 0.3) is 0 Å². The molecule has 20 heavy (non-hydrogen) atoms. The SMILES string of the molecule is CC(C(=O)NCCN1CCC(O)CC1)n1cc(Cl)cn1. The summed E-state index contributed by atoms with van der Waals surface area (Å²) in [6, 6.07) is -0.370. The Morgan fingerprint density at radius 1 is 1.60 bits per heavy atom. The minimum Gasteiger partial charge on any atom is -0.393 e. The molecular formula is C13H21ClN4O2. The molecule has 2 N–H and O–H groups in total. The van der Waals surface area contributed by atoms with E-state index in [1.165, 1.54) is 6.20 Å². The van der Waals surface area contributed by atoms with Crippen molar-refractivity contribution in [1.29, 1.82) is 0 Å². The predicted molar refractivity (Wildman–Crippen MR) is 76.6 cm³/mol. The summed E-state index contributed by atoms with van der Waals surface area (Å²) in [5.74, 6) is -0.0678. The van der Waals surface area contributed by atoms with Gasteiger partial charge in [0.15, 0.2) is 0 Å². The number of aromatic nitrogens is 2. The largest absolute Gasteiger partial charge is 0.393 e. The van der Waals surface area contributed by atoms with E-state index in [4.69, 9.17) is 11.6 Å². The van der Waals surface area contributed by atoms with Gasteiger partial charge in [0.2, 0.25) is 5.91 Å². The van der Waals surface area contributed by atoms with Crippen molar-refractivity contribution in [3.05, 3.63) is 17.4 Å². The highest BCUT2D eigenvalue weighted by Crippen LogP contribution is 2.11. The predicted octanol–water partition coefficient (Wildman–Crippen LogP) is 0.670. The Hall–Kier alpha value is -1.11. The molecule has 0 aliphatic carbocycles. The number of amides is 1. The minimum atomic E-state index is -0.370. The number of hydrogen-bond acceptors (Lipinski definition) is 4. The Bertz CT molecular complexity index is 443. The van der Waals surface area contributed by atoms with Gasteiger partial charge in [-0.3, -0.25) is 9.48 Å². The lowest BCUT2D eigenvalue weighted by atomic mass is 10.1. The Labute approximate surface area is 123 Å². The van der Waals surface area contributed by atoms with Crippen molar-refractivity contribution in [2.75, 3.05) is 26.2 Å². The molecule has 2 rings (SSSR count). The van der Waals surface area contributed by atoms with Crippen LogP contribution >= 0.6 is 11.6 Å². The molecule has 2 heterocycles. The summed E-state index contributed by atoms with van der Waals surface area (Å²) in [5.41, 5.74) is 0. The molecule has 0 radical (unpaired) electrons. The van der Waals surface area contributed by atoms with Crippen LogP contribution in [0.4, 0.5) is 0 Å². The number of likely N-dealkylation sites (tertiary alicyclic amines) is 1. The quantitative estimate of drug-likeness (QED) is 0.838. The normalized spacial score (nSPS) is 18.9. The topological polar surface area (TPSA) is 70.4 Å². The van der Waals surface area contributed by atoms with Crippen LogP contribution in [0.15, 0.2) is 12.4 Å². The van der Waals surface area contributed by atoms with Crippen molar-refractivity contribution in [3.63, 3.8) is 0 Å². The Morgan fingerprint density at radius 3 is 2.90 bits per heavy atom. The van der Waals surface area contributed by atoms with E-state index in [9.17, 15) is 9.90 Å². The van der Waals surface area contributed by atoms with Gasteiger partial charge in [-0.25, -0.2) is 0 Å². The Balaban J connectivity index is 1.70. The summed E-state index contributed by atoms with van der Waals surface area (Å²) in [5, 5.41) is 16.9. The van der Waals surface area contributed by atoms with Crippen molar-refractivity contribution in [3.8, 4) is 0 Å². The van der Waals surface area contributed by atoms with E-state index in [1.807, 2.05) is 0 Å². The van der Waals surface area contributed by atoms with Crippen LogP contribution in [0, 0.1) is 0 Å². The fourth-order valence-electron chi connectivity index (χ4n) is 2.27. The van der Waals surface area contributed by atoms with Crippen molar-refractivity contribution >= 4 is 17.5 Å². The van der Waals surface area contributed by atoms with Gasteiger partial charge in [0, 0.05) is 32.4 Å². The number of halogens is 1. The molecule has 1 aromatic rings. The van der Waals surface area contributed by atoms with Crippen molar-refractivity contribution < 1.29 is 9.90 Å². The molecule has 0 spiro atoms. The van der Waals surface area contributed by atoms with Gasteiger partial charge in [-0.15, -0.1) is 0 Å². The summed E-state index contributed by atoms with van der Waals surface area (Å²) >= 11 is 5.78. The van der Waals surface area contributed by atoms with E-state index < -0.39 is 0 Å². The standard InChI is InChI=1S/C13H21ClN4O2/c1-10(18-9-11(14)8-16-18)13(20)15-4-7-17-5-2-12(19)3-6-17/h8-10,12,19H,2-7H2,1H3,(H,15,20). The molecule has 1 amide bonds. The number of rotatable bonds is 5. The lowest BCUT2D eigenvalue weighted by molar-refractivity contribution is -0.124. The number of carbonyl (C=O) groups is 1. The fraction of sp³-hybridized carbons (Fsp3) is 0.692. The highest BCUT2D eigenvalue weighted by molar-refractivity contribution is 6.30. The van der Waals surface area contributed by atoms with Crippen molar-refractivity contribution in [2.45, 2.75) is 31.9 Å². The molecule has 112 valence electrons. The van der Waals surface area contributed by atoms with Crippen molar-refractivity contribution in [2.24, 2.45) is 0 Å². The molecule has 1 aliphatic rings. The van der Waals surface area contributed by atoms with Crippen LogP contribution in [-0.2, 0) is 4.79 Å². The zero-order valence-electron chi connectivity index (χ0n) is 11.6. The second-order valence-corrected chi connectivity index (χ2v) is 5.61. The number of nitrogens with one attached hydrogen (secondary N) is 1. The van der Waals surface area contributed by atoms with Gasteiger partial charge < -0.3 is 15.3 Å². The van der Waals surface area contributed by atoms with Gasteiger partial charge in [0.1, 0.15) is 6.04 Å². The van der Waals surface area contributed by atoms with Gasteiger partial charge >= 0.3 is 0 Å². The number of piperidine rings is 1. The van der Waals surface area contributed by atoms with Crippen LogP contribution in [-0.4, -0.2) is 58.0 Å². The summed E-state index contributed by atoms with van der Waals surface area (Å²) < 4.78 is 1.55. The van der Waals surface area contributed by atoms with Gasteiger partial charge in [-0.1, -0.05) is 11.6 Å². The van der Waals surface area contributed by atoms with Gasteiger partial charge in [-0.05, 0) is 19.8 Å². The molecule has 7 heteroatoms. The monoisotopic (exact) mass is 300 g/mol. The molecule has 0 saturated carbocycles. The van der Waals surface area contributed by atoms with Gasteiger partial charge in [0.25, 0.3) is 0 Å². The molecule has 6 nitrogen and oxygen atoms in total. The first-order chi connectivity index (χ1) is 9.56. The lowest BCUT2D eigenvalue weighted by Gasteiger charge is -2.29. The first-order valence-electron chi connectivity index (χ1n) is 6.94. The molecule has 0 bridgehead atoms. The summed E-state index contributed by atoms with van der Waals surface area (Å²) in [6.45, 7) is 4.98. The van der Waals surface area contributed by atoms with E-state index in [0.29, 0.717) is 11.6 Å². The summed E-state index contributed by atoms with van der Waals surface area (Å²) in [6.07, 6.45) is 4.62. The molecule has 1 aromatic heterocycles. The van der Waals surface area contributed by atoms with E-state index >= 15 is 0 Å². The van der Waals surface area contributed by atoms with Gasteiger partial charge in [-0.2, -0.15) is 5.10 Å². The minimum absolute atomic E-state index is 0.0678. The van der Waals surface area contributed by atoms with E-state index in [1.54, 1.807) is 17.8 Å². The zero-order chi connectivity index (χ0) is 14.5. The number of hydrogen-bond donors (Lipinski definition) is 2. The smallest absolute Gasteiger partial charge is 0.244 e. The van der Waals surface area contributed by atoms with Crippen molar-refractivity contribution in [1.82, 2.24) is 20.0 Å². The van der Waals surface area contributed by atoms with E-state index in [0.717, 1.165) is 32.5 Å². The molecule has 0 aromatic carbocycles. The summed E-state index contributed by atoms with van der Waals surface area (Å²) in [7, 11) is 0. The maximum Gasteiger partial charge on any atom is 0.244 e. The van der Waals surface area contributed by atoms with Gasteiger partial charge in [0.05, 0.1) is 17.3 Å². The molecule has 1 fully saturated rings. The zero-order valence-corrected chi connectivity index (χ0v) is 12.4. The lowest BCUT2D eigenvalue weighted by Crippen LogP contribution is -2.42. The highest BCUT2D eigenvalue weighted by atomic mass is 35.5. The fourth-order valence-corrected chi connectivity index (χ4v) is 2.42. The molecule has 1 aliphatic heterocycles. The highest BCUT2D eigenvalue weighted by Gasteiger charge is 2.18. The third kappa shape index (κ3) is 4.19. The third-order valence-corrected chi connectivity index (χ3v) is 3.83. The third-order valence-electron chi connectivity index (χ3n) is 3.63. The van der Waals surface area contributed by atoms with E-state index in [2.05, 4.69) is 15.3 Å². The maximum absolute atomic E-state index is 12.0. The number of aliphatic hydroxyl groups is 1. The maximum atomic E-state index is 12.0. The van der Waals surface area contributed by atoms with Crippen LogP contribution < -0.4 is 5.32 Å². The first-order valence-corrected chi connectivity index (χ1v) is 7.32. The molecule has 1 unspecified atom stereocenters. The van der Waals surface area contributed by atoms with Crippen LogP contribution in [0.1, 0.15) is 25.8 Å². The number of carbonyl (C=O) groups excluding carboxylic acids is 1. The van der Waals surface area contributed by atoms with Crippen LogP contribution in [0.2, 0.25) is 5.02 Å². The number of aliphatic hydroxyl groups excluding tert-OH is 1. The first kappa shape index (κ1) is 15.3. The summed E-state index contributed by atoms with van der Waals surface area (Å²) in [4.78, 5) is 14.2. The number of nitrogens with zero attached hydrogens (tertiary/aromatic N) is 3. The second kappa shape index (κ2) is 7.06. The molecule has 1 saturated heterocycles. The van der Waals surface area contributed by atoms with Crippen LogP contribution in [0.5, 0.6) is 0 Å². The second-order valence-electron chi connectivity index (χ2n) is 5.18. The molecular weight excluding hydrogens is 280 g/mol. The van der Waals surface area contributed by atoms with E-state index in [-0.39, 0.29) is 18.1 Å². The molecule has 1 atom stereocenters. The Kier molecular flexibility index (Phi) is 5.39.